The van der Waals surface area contributed by atoms with Gasteiger partial charge in [-0.2, -0.15) is 0 Å². The highest BCUT2D eigenvalue weighted by Crippen LogP contribution is 2.29. The van der Waals surface area contributed by atoms with E-state index < -0.39 is 0 Å². The molecule has 0 aliphatic heterocycles. The molecule has 21 heavy (non-hydrogen) atoms. The van der Waals surface area contributed by atoms with Crippen molar-refractivity contribution in [1.29, 1.82) is 0 Å². The van der Waals surface area contributed by atoms with Crippen LogP contribution in [0.1, 0.15) is 44.1 Å². The van der Waals surface area contributed by atoms with Crippen LogP contribution in [0.4, 0.5) is 0 Å². The lowest BCUT2D eigenvalue weighted by molar-refractivity contribution is -0.123. The predicted molar refractivity (Wildman–Crippen MR) is 89.1 cm³/mol. The summed E-state index contributed by atoms with van der Waals surface area (Å²) in [5, 5.41) is 4.12. The molecule has 0 heterocycles. The van der Waals surface area contributed by atoms with Gasteiger partial charge in [0.1, 0.15) is 5.75 Å². The van der Waals surface area contributed by atoms with Crippen LogP contribution in [0.3, 0.4) is 0 Å². The Hall–Kier alpha value is -1.03. The zero-order valence-electron chi connectivity index (χ0n) is 12.7. The van der Waals surface area contributed by atoms with E-state index in [0.717, 1.165) is 30.3 Å². The van der Waals surface area contributed by atoms with E-state index in [4.69, 9.17) is 4.74 Å². The summed E-state index contributed by atoms with van der Waals surface area (Å²) in [5.74, 6) is 1.01. The van der Waals surface area contributed by atoms with Gasteiger partial charge in [0.25, 0.3) is 0 Å². The van der Waals surface area contributed by atoms with E-state index >= 15 is 0 Å². The van der Waals surface area contributed by atoms with E-state index in [0.29, 0.717) is 6.42 Å². The quantitative estimate of drug-likeness (QED) is 0.789. The van der Waals surface area contributed by atoms with Gasteiger partial charge in [-0.25, -0.2) is 0 Å². The number of hydrogen-bond acceptors (Lipinski definition) is 2. The van der Waals surface area contributed by atoms with Crippen LogP contribution in [-0.4, -0.2) is 23.9 Å². The molecule has 1 fully saturated rings. The largest absolute Gasteiger partial charge is 0.497 e. The summed E-state index contributed by atoms with van der Waals surface area (Å²) in [6.45, 7) is 0. The van der Waals surface area contributed by atoms with E-state index in [2.05, 4.69) is 21.2 Å². The van der Waals surface area contributed by atoms with E-state index in [-0.39, 0.29) is 11.4 Å². The van der Waals surface area contributed by atoms with Gasteiger partial charge in [-0.05, 0) is 37.0 Å². The average molecular weight is 354 g/mol. The van der Waals surface area contributed by atoms with Crippen LogP contribution in [0.2, 0.25) is 0 Å². The van der Waals surface area contributed by atoms with E-state index in [1.165, 1.54) is 24.8 Å². The Labute approximate surface area is 135 Å². The van der Waals surface area contributed by atoms with Gasteiger partial charge in [0.05, 0.1) is 7.11 Å². The molecule has 1 amide bonds. The van der Waals surface area contributed by atoms with Crippen molar-refractivity contribution in [2.45, 2.75) is 50.5 Å². The molecule has 1 aliphatic rings. The highest BCUT2D eigenvalue weighted by atomic mass is 79.9. The molecule has 2 rings (SSSR count). The molecule has 0 spiro atoms. The molecular formula is C17H24BrNO2. The number of hydrogen-bond donors (Lipinski definition) is 1. The van der Waals surface area contributed by atoms with Gasteiger partial charge in [0, 0.05) is 17.3 Å². The molecule has 0 atom stereocenters. The average Bonchev–Trinajstić information content (AvgIpc) is 2.54. The lowest BCUT2D eigenvalue weighted by atomic mass is 9.83. The second kappa shape index (κ2) is 7.83. The van der Waals surface area contributed by atoms with Crippen LogP contribution in [-0.2, 0) is 11.2 Å². The van der Waals surface area contributed by atoms with Gasteiger partial charge in [-0.3, -0.25) is 4.79 Å². The molecule has 0 aromatic heterocycles. The topological polar surface area (TPSA) is 38.3 Å². The van der Waals surface area contributed by atoms with Crippen molar-refractivity contribution in [1.82, 2.24) is 5.32 Å². The molecule has 1 aromatic carbocycles. The lowest BCUT2D eigenvalue weighted by Gasteiger charge is -2.36. The minimum absolute atomic E-state index is 0.0186. The Morgan fingerprint density at radius 1 is 1.24 bits per heavy atom. The standard InChI is InChI=1S/C17H24BrNO2/c1-21-15-8-5-14(6-9-15)7-10-16(20)19-17(13-18)11-3-2-4-12-17/h5-6,8-9H,2-4,7,10-13H2,1H3,(H,19,20). The fourth-order valence-corrected chi connectivity index (χ4v) is 3.63. The van der Waals surface area contributed by atoms with Crippen molar-refractivity contribution in [2.24, 2.45) is 0 Å². The number of carbonyl (C=O) groups excluding carboxylic acids is 1. The number of benzene rings is 1. The van der Waals surface area contributed by atoms with Crippen molar-refractivity contribution in [3.05, 3.63) is 29.8 Å². The Morgan fingerprint density at radius 2 is 1.90 bits per heavy atom. The van der Waals surface area contributed by atoms with Gasteiger partial charge < -0.3 is 10.1 Å². The SMILES string of the molecule is COc1ccc(CCC(=O)NC2(CBr)CCCCC2)cc1. The third-order valence-electron chi connectivity index (χ3n) is 4.27. The van der Waals surface area contributed by atoms with E-state index in [1.54, 1.807) is 7.11 Å². The molecule has 3 nitrogen and oxygen atoms in total. The molecule has 1 aromatic rings. The van der Waals surface area contributed by atoms with Crippen LogP contribution < -0.4 is 10.1 Å². The second-order valence-electron chi connectivity index (χ2n) is 5.87. The summed E-state index contributed by atoms with van der Waals surface area (Å²) in [6, 6.07) is 7.92. The van der Waals surface area contributed by atoms with Crippen LogP contribution in [0, 0.1) is 0 Å². The van der Waals surface area contributed by atoms with Gasteiger partial charge in [-0.15, -0.1) is 0 Å². The molecule has 116 valence electrons. The highest BCUT2D eigenvalue weighted by Gasteiger charge is 2.32. The maximum absolute atomic E-state index is 12.2. The summed E-state index contributed by atoms with van der Waals surface area (Å²) in [5.41, 5.74) is 1.15. The predicted octanol–water partition coefficient (Wildman–Crippen LogP) is 3.84. The van der Waals surface area contributed by atoms with E-state index in [9.17, 15) is 4.79 Å². The normalized spacial score (nSPS) is 17.2. The molecule has 1 aliphatic carbocycles. The van der Waals surface area contributed by atoms with Crippen LogP contribution in [0.25, 0.3) is 0 Å². The van der Waals surface area contributed by atoms with Crippen molar-refractivity contribution in [2.75, 3.05) is 12.4 Å². The van der Waals surface area contributed by atoms with Gasteiger partial charge in [-0.1, -0.05) is 47.3 Å². The highest BCUT2D eigenvalue weighted by molar-refractivity contribution is 9.09. The first-order valence-corrected chi connectivity index (χ1v) is 8.79. The molecule has 1 saturated carbocycles. The first-order valence-electron chi connectivity index (χ1n) is 7.67. The number of rotatable bonds is 6. The Bertz CT molecular complexity index is 452. The fourth-order valence-electron chi connectivity index (χ4n) is 2.93. The summed E-state index contributed by atoms with van der Waals surface area (Å²) >= 11 is 3.58. The van der Waals surface area contributed by atoms with Crippen molar-refractivity contribution < 1.29 is 9.53 Å². The van der Waals surface area contributed by atoms with Crippen molar-refractivity contribution in [3.8, 4) is 5.75 Å². The Morgan fingerprint density at radius 3 is 2.48 bits per heavy atom. The zero-order chi connectivity index (χ0) is 15.1. The van der Waals surface area contributed by atoms with Crippen LogP contribution >= 0.6 is 15.9 Å². The molecule has 0 saturated heterocycles. The van der Waals surface area contributed by atoms with Gasteiger partial charge in [0.15, 0.2) is 0 Å². The zero-order valence-corrected chi connectivity index (χ0v) is 14.2. The number of amides is 1. The van der Waals surface area contributed by atoms with Crippen molar-refractivity contribution >= 4 is 21.8 Å². The lowest BCUT2D eigenvalue weighted by Crippen LogP contribution is -2.51. The number of alkyl halides is 1. The first kappa shape index (κ1) is 16.3. The number of nitrogens with one attached hydrogen (secondary N) is 1. The van der Waals surface area contributed by atoms with Gasteiger partial charge >= 0.3 is 0 Å². The van der Waals surface area contributed by atoms with Crippen molar-refractivity contribution in [3.63, 3.8) is 0 Å². The number of ether oxygens (including phenoxy) is 1. The summed E-state index contributed by atoms with van der Waals surface area (Å²) < 4.78 is 5.14. The molecule has 0 radical (unpaired) electrons. The number of carbonyl (C=O) groups is 1. The second-order valence-corrected chi connectivity index (χ2v) is 6.43. The Kier molecular flexibility index (Phi) is 6.09. The maximum Gasteiger partial charge on any atom is 0.220 e. The molecule has 4 heteroatoms. The third kappa shape index (κ3) is 4.73. The monoisotopic (exact) mass is 353 g/mol. The summed E-state index contributed by atoms with van der Waals surface area (Å²) in [4.78, 5) is 12.2. The number of methoxy groups -OCH3 is 1. The minimum Gasteiger partial charge on any atom is -0.497 e. The molecule has 0 unspecified atom stereocenters. The maximum atomic E-state index is 12.2. The van der Waals surface area contributed by atoms with Gasteiger partial charge in [0.2, 0.25) is 5.91 Å². The summed E-state index contributed by atoms with van der Waals surface area (Å²) in [7, 11) is 1.66. The summed E-state index contributed by atoms with van der Waals surface area (Å²) in [6.07, 6.45) is 7.21. The Balaban J connectivity index is 1.83. The fraction of sp³-hybridized carbons (Fsp3) is 0.588. The van der Waals surface area contributed by atoms with Crippen LogP contribution in [0.15, 0.2) is 24.3 Å². The molecule has 1 N–H and O–H groups in total. The minimum atomic E-state index is -0.0186. The molecule has 0 bridgehead atoms. The third-order valence-corrected chi connectivity index (χ3v) is 5.34. The molecular weight excluding hydrogens is 330 g/mol. The number of aryl methyl sites for hydroxylation is 1. The van der Waals surface area contributed by atoms with Crippen LogP contribution in [0.5, 0.6) is 5.75 Å². The number of halogens is 1. The first-order chi connectivity index (χ1) is 10.2. The van der Waals surface area contributed by atoms with E-state index in [1.807, 2.05) is 24.3 Å². The smallest absolute Gasteiger partial charge is 0.220 e.